The largest absolute Gasteiger partial charge is 0.312 e. The minimum absolute atomic E-state index is 2.17. The van der Waals surface area contributed by atoms with E-state index in [2.05, 4.69) is 5.73 Å². The Morgan fingerprint density at radius 1 is 1.00 bits per heavy atom. The predicted octanol–water partition coefficient (Wildman–Crippen LogP) is 2.73. The van der Waals surface area contributed by atoms with Crippen LogP contribution in [0.4, 0.5) is 16.8 Å². The van der Waals surface area contributed by atoms with Gasteiger partial charge in [0.2, 0.25) is 0 Å². The Labute approximate surface area is 46.2 Å². The first-order valence-electron chi connectivity index (χ1n) is 1.53. The van der Waals surface area contributed by atoms with Crippen molar-refractivity contribution in [2.45, 2.75) is 5.52 Å². The summed E-state index contributed by atoms with van der Waals surface area (Å²) in [5.74, 6) is 0. The molecule has 0 heterocycles. The minimum atomic E-state index is -3.64. The second kappa shape index (κ2) is 3.54. The van der Waals surface area contributed by atoms with Crippen LogP contribution in [0.15, 0.2) is 0 Å². The molecule has 0 bridgehead atoms. The Bertz CT molecular complexity index is 59.1. The van der Waals surface area contributed by atoms with Crippen LogP contribution in [0, 0.1) is 0 Å². The molecule has 0 radical (unpaired) electrons. The fraction of sp³-hybridized carbons (Fsp3) is 1.00. The van der Waals surface area contributed by atoms with E-state index in [1.54, 1.807) is 0 Å². The molecule has 50 valence electrons. The van der Waals surface area contributed by atoms with Gasteiger partial charge in [-0.3, -0.25) is 0 Å². The van der Waals surface area contributed by atoms with E-state index in [4.69, 9.17) is 0 Å². The lowest BCUT2D eigenvalue weighted by molar-refractivity contribution is 0.694. The monoisotopic (exact) mass is 167 g/mol. The zero-order valence-corrected chi connectivity index (χ0v) is 5.35. The highest BCUT2D eigenvalue weighted by Gasteiger charge is 2.27. The van der Waals surface area contributed by atoms with Crippen LogP contribution in [-0.2, 0) is 0 Å². The summed E-state index contributed by atoms with van der Waals surface area (Å²) >= 11 is 0. The molecular weight excluding hydrogens is 164 g/mol. The van der Waals surface area contributed by atoms with Gasteiger partial charge in [-0.25, -0.2) is 0 Å². The number of rotatable bonds is 2. The van der Waals surface area contributed by atoms with Crippen molar-refractivity contribution < 1.29 is 16.8 Å². The quantitative estimate of drug-likeness (QED) is 0.496. The Morgan fingerprint density at radius 3 is 1.25 bits per heavy atom. The molecule has 0 saturated carbocycles. The van der Waals surface area contributed by atoms with Gasteiger partial charge in [0.05, 0.1) is 0 Å². The molecule has 0 saturated heterocycles. The highest BCUT2D eigenvalue weighted by Crippen LogP contribution is 2.59. The lowest BCUT2D eigenvalue weighted by atomic mass is 11.5. The highest BCUT2D eigenvalue weighted by atomic mass is 31.2. The van der Waals surface area contributed by atoms with E-state index >= 15 is 0 Å². The van der Waals surface area contributed by atoms with Gasteiger partial charge in [0.1, 0.15) is 0 Å². The van der Waals surface area contributed by atoms with Crippen molar-refractivity contribution in [2.24, 2.45) is 5.73 Å². The van der Waals surface area contributed by atoms with Gasteiger partial charge in [-0.1, -0.05) is 0 Å². The molecule has 0 spiro atoms. The Hall–Kier alpha value is 0.540. The van der Waals surface area contributed by atoms with Gasteiger partial charge >= 0.3 is 0 Å². The maximum Gasteiger partial charge on any atom is 0.293 e. The number of halogens is 4. The fourth-order valence-corrected chi connectivity index (χ4v) is 0.594. The first kappa shape index (κ1) is 8.54. The summed E-state index contributed by atoms with van der Waals surface area (Å²) in [6, 6.07) is 0. The maximum absolute atomic E-state index is 11.2. The molecule has 0 rings (SSSR count). The fourth-order valence-electron chi connectivity index (χ4n) is 0.0660. The van der Waals surface area contributed by atoms with Crippen LogP contribution in [0.25, 0.3) is 0 Å². The zero-order valence-electron chi connectivity index (χ0n) is 3.56. The summed E-state index contributed by atoms with van der Waals surface area (Å²) in [5.41, 5.74) is 2.15. The number of nitrogens with two attached hydrogens (primary N) is 1. The number of hydrogen-bond acceptors (Lipinski definition) is 1. The van der Waals surface area contributed by atoms with Gasteiger partial charge in [0, 0.05) is 0 Å². The first-order valence-corrected chi connectivity index (χ1v) is 3.91. The van der Waals surface area contributed by atoms with Crippen LogP contribution in [0.3, 0.4) is 0 Å². The average molecular weight is 167 g/mol. The second-order valence-corrected chi connectivity index (χ2v) is 3.49. The van der Waals surface area contributed by atoms with E-state index in [9.17, 15) is 16.8 Å². The summed E-state index contributed by atoms with van der Waals surface area (Å²) in [6.45, 7) is 0. The van der Waals surface area contributed by atoms with Crippen molar-refractivity contribution in [3.63, 3.8) is 0 Å². The molecule has 0 amide bonds. The molecule has 0 aromatic heterocycles. The van der Waals surface area contributed by atoms with Crippen LogP contribution in [0.2, 0.25) is 0 Å². The van der Waals surface area contributed by atoms with Crippen molar-refractivity contribution in [3.05, 3.63) is 0 Å². The minimum Gasteiger partial charge on any atom is -0.312 e. The number of hydrogen-bond donors (Lipinski definition) is 1. The third-order valence-electron chi connectivity index (χ3n) is 0.400. The van der Waals surface area contributed by atoms with Crippen molar-refractivity contribution in [2.75, 3.05) is 0 Å². The maximum atomic E-state index is 11.2. The van der Waals surface area contributed by atoms with E-state index in [0.29, 0.717) is 0 Å². The molecule has 0 fully saturated rings. The highest BCUT2D eigenvalue weighted by molar-refractivity contribution is 7.65. The lowest BCUT2D eigenvalue weighted by Crippen LogP contribution is -2.08. The van der Waals surface area contributed by atoms with Crippen LogP contribution < -0.4 is 5.73 Å². The van der Waals surface area contributed by atoms with E-state index in [-0.39, 0.29) is 0 Å². The molecule has 8 heavy (non-hydrogen) atoms. The SMILES string of the molecule is NC(P(F)F)P(F)F. The Balaban J connectivity index is 3.46. The Kier molecular flexibility index (Phi) is 3.78. The van der Waals surface area contributed by atoms with Gasteiger partial charge in [0.25, 0.3) is 17.1 Å². The molecule has 0 unspecified atom stereocenters. The molecule has 0 aromatic rings. The van der Waals surface area contributed by atoms with E-state index in [1.807, 2.05) is 0 Å². The van der Waals surface area contributed by atoms with Crippen molar-refractivity contribution in [1.82, 2.24) is 0 Å². The van der Waals surface area contributed by atoms with Crippen LogP contribution in [-0.4, -0.2) is 5.52 Å². The van der Waals surface area contributed by atoms with Gasteiger partial charge in [-0.05, 0) is 0 Å². The molecule has 0 aromatic carbocycles. The molecule has 0 atom stereocenters. The Morgan fingerprint density at radius 2 is 1.25 bits per heavy atom. The van der Waals surface area contributed by atoms with Gasteiger partial charge in [-0.15, -0.1) is 0 Å². The third kappa shape index (κ3) is 2.75. The molecule has 0 aliphatic heterocycles. The normalized spacial score (nSPS) is 12.0. The van der Waals surface area contributed by atoms with Gasteiger partial charge in [0.15, 0.2) is 5.52 Å². The van der Waals surface area contributed by atoms with Gasteiger partial charge in [-0.2, -0.15) is 16.8 Å². The molecule has 1 nitrogen and oxygen atoms in total. The smallest absolute Gasteiger partial charge is 0.293 e. The van der Waals surface area contributed by atoms with Crippen LogP contribution >= 0.6 is 17.1 Å². The summed E-state index contributed by atoms with van der Waals surface area (Å²) in [7, 11) is -7.29. The van der Waals surface area contributed by atoms with E-state index < -0.39 is 22.6 Å². The predicted molar refractivity (Wildman–Crippen MR) is 26.2 cm³/mol. The zero-order chi connectivity index (χ0) is 6.73. The van der Waals surface area contributed by atoms with Crippen molar-refractivity contribution in [1.29, 1.82) is 0 Å². The molecular formula is CH3F4NP2. The molecule has 0 aliphatic carbocycles. The molecule has 2 N–H and O–H groups in total. The molecule has 7 heteroatoms. The van der Waals surface area contributed by atoms with Crippen LogP contribution in [0.1, 0.15) is 0 Å². The third-order valence-corrected chi connectivity index (χ3v) is 2.25. The topological polar surface area (TPSA) is 26.0 Å². The summed E-state index contributed by atoms with van der Waals surface area (Å²) in [6.07, 6.45) is 0. The van der Waals surface area contributed by atoms with Crippen molar-refractivity contribution in [3.8, 4) is 0 Å². The first-order chi connectivity index (χ1) is 3.55. The van der Waals surface area contributed by atoms with E-state index in [0.717, 1.165) is 0 Å². The summed E-state index contributed by atoms with van der Waals surface area (Å²) in [4.78, 5) is 0. The summed E-state index contributed by atoms with van der Waals surface area (Å²) in [5, 5.41) is 0. The van der Waals surface area contributed by atoms with E-state index in [1.165, 1.54) is 0 Å². The van der Waals surface area contributed by atoms with Crippen LogP contribution in [0.5, 0.6) is 0 Å². The second-order valence-electron chi connectivity index (χ2n) is 0.932. The van der Waals surface area contributed by atoms with Crippen molar-refractivity contribution >= 4 is 17.1 Å². The summed E-state index contributed by atoms with van der Waals surface area (Å²) < 4.78 is 44.6. The average Bonchev–Trinajstić information content (AvgIpc) is 1.64. The molecule has 0 aliphatic rings. The standard InChI is InChI=1S/CH3F4NP2/c2-7(3)1(6)8(4)5/h1H,6H2. The van der Waals surface area contributed by atoms with Gasteiger partial charge < -0.3 is 5.73 Å². The lowest BCUT2D eigenvalue weighted by Gasteiger charge is -2.03.